The number of carbonyl (C=O) groups is 1. The number of aryl methyl sites for hydroxylation is 1. The molecule has 24 heavy (non-hydrogen) atoms. The molecule has 4 nitrogen and oxygen atoms in total. The Morgan fingerprint density at radius 1 is 1.17 bits per heavy atom. The van der Waals surface area contributed by atoms with Crippen molar-refractivity contribution < 1.29 is 69.1 Å². The van der Waals surface area contributed by atoms with E-state index in [-0.39, 0.29) is 61.7 Å². The summed E-state index contributed by atoms with van der Waals surface area (Å²) >= 11 is 0. The average Bonchev–Trinajstić information content (AvgIpc) is 2.81. The van der Waals surface area contributed by atoms with Gasteiger partial charge in [-0.3, -0.25) is 4.79 Å². The predicted octanol–water partition coefficient (Wildman–Crippen LogP) is 0.0199. The molecule has 4 atom stereocenters. The van der Waals surface area contributed by atoms with Gasteiger partial charge in [0, 0.05) is 11.8 Å². The number of ketones is 1. The predicted molar refractivity (Wildman–Crippen MR) is 84.0 cm³/mol. The molecule has 0 aromatic heterocycles. The van der Waals surface area contributed by atoms with Gasteiger partial charge in [-0.1, -0.05) is 13.0 Å². The molecule has 3 unspecified atom stereocenters. The van der Waals surface area contributed by atoms with Crippen molar-refractivity contribution in [3.05, 3.63) is 29.3 Å². The van der Waals surface area contributed by atoms with Crippen LogP contribution in [0.25, 0.3) is 0 Å². The zero-order chi connectivity index (χ0) is 16.4. The largest absolute Gasteiger partial charge is 1.00 e. The molecule has 6 heteroatoms. The van der Waals surface area contributed by atoms with Crippen LogP contribution in [-0.4, -0.2) is 18.8 Å². The quantitative estimate of drug-likeness (QED) is 0.515. The number of rotatable bonds is 1. The maximum atomic E-state index is 12.3. The SMILES string of the molecule is C[C@]12CCC3c4ccc(S(=O)(=O)[O-])cc4CCC3C1CCC2=O.[K+]. The average molecular weight is 373 g/mol. The molecule has 0 amide bonds. The maximum Gasteiger partial charge on any atom is 1.00 e. The van der Waals surface area contributed by atoms with Crippen LogP contribution < -0.4 is 51.4 Å². The van der Waals surface area contributed by atoms with Gasteiger partial charge in [-0.25, -0.2) is 8.42 Å². The van der Waals surface area contributed by atoms with Gasteiger partial charge >= 0.3 is 51.4 Å². The third-order valence-corrected chi connectivity index (χ3v) is 7.53. The van der Waals surface area contributed by atoms with Gasteiger partial charge in [-0.05, 0) is 73.1 Å². The molecule has 0 bridgehead atoms. The second-order valence-corrected chi connectivity index (χ2v) is 9.03. The summed E-state index contributed by atoms with van der Waals surface area (Å²) in [5.74, 6) is 1.82. The fourth-order valence-corrected chi connectivity index (χ4v) is 6.01. The van der Waals surface area contributed by atoms with Crippen LogP contribution >= 0.6 is 0 Å². The minimum absolute atomic E-state index is 0. The summed E-state index contributed by atoms with van der Waals surface area (Å²) in [6, 6.07) is 4.87. The Bertz CT molecular complexity index is 788. The monoisotopic (exact) mass is 372 g/mol. The Kier molecular flexibility index (Phi) is 5.24. The van der Waals surface area contributed by atoms with Crippen LogP contribution in [-0.2, 0) is 21.3 Å². The molecule has 2 saturated carbocycles. The van der Waals surface area contributed by atoms with E-state index < -0.39 is 10.1 Å². The van der Waals surface area contributed by atoms with Crippen molar-refractivity contribution in [2.45, 2.75) is 56.3 Å². The standard InChI is InChI=1S/C18H22O4S.K/c1-18-9-8-14-13-5-3-12(23(20,21)22)10-11(13)2-4-15(14)16(18)6-7-17(18)19;/h3,5,10,14-16H,2,4,6-9H2,1H3,(H,20,21,22);/q;+1/p-1/t14?,15?,16?,18-;/m0./s1. The molecule has 0 radical (unpaired) electrons. The summed E-state index contributed by atoms with van der Waals surface area (Å²) in [7, 11) is -4.39. The van der Waals surface area contributed by atoms with Gasteiger partial charge in [-0.2, -0.15) is 0 Å². The number of hydrogen-bond donors (Lipinski definition) is 0. The Morgan fingerprint density at radius 3 is 2.62 bits per heavy atom. The van der Waals surface area contributed by atoms with Gasteiger partial charge in [0.2, 0.25) is 0 Å². The number of Topliss-reactive ketones (excluding diaryl/α,β-unsaturated/α-hetero) is 1. The normalized spacial score (nSPS) is 34.8. The summed E-state index contributed by atoms with van der Waals surface area (Å²) in [5.41, 5.74) is 2.07. The summed E-state index contributed by atoms with van der Waals surface area (Å²) in [6.45, 7) is 2.14. The van der Waals surface area contributed by atoms with Gasteiger partial charge in [0.1, 0.15) is 15.9 Å². The molecule has 0 spiro atoms. The first-order chi connectivity index (χ1) is 10.8. The fraction of sp³-hybridized carbons (Fsp3) is 0.611. The van der Waals surface area contributed by atoms with Gasteiger partial charge < -0.3 is 4.55 Å². The van der Waals surface area contributed by atoms with Crippen LogP contribution in [0.2, 0.25) is 0 Å². The molecule has 4 rings (SSSR count). The van der Waals surface area contributed by atoms with Crippen molar-refractivity contribution in [1.29, 1.82) is 0 Å². The summed E-state index contributed by atoms with van der Waals surface area (Å²) in [4.78, 5) is 12.2. The number of fused-ring (bicyclic) bond motifs is 5. The van der Waals surface area contributed by atoms with E-state index in [4.69, 9.17) is 0 Å². The van der Waals surface area contributed by atoms with E-state index in [0.29, 0.717) is 30.0 Å². The van der Waals surface area contributed by atoms with Gasteiger partial charge in [0.15, 0.2) is 0 Å². The molecule has 1 aromatic rings. The van der Waals surface area contributed by atoms with Crippen LogP contribution in [0.3, 0.4) is 0 Å². The van der Waals surface area contributed by atoms with E-state index in [2.05, 4.69) is 6.92 Å². The topological polar surface area (TPSA) is 74.3 Å². The molecule has 1 aromatic carbocycles. The molecule has 0 saturated heterocycles. The van der Waals surface area contributed by atoms with E-state index in [1.165, 1.54) is 11.6 Å². The zero-order valence-corrected chi connectivity index (χ0v) is 18.2. The Balaban J connectivity index is 0.00000169. The van der Waals surface area contributed by atoms with Gasteiger partial charge in [0.25, 0.3) is 0 Å². The first kappa shape index (κ1) is 19.2. The molecule has 0 N–H and O–H groups in total. The maximum absolute atomic E-state index is 12.3. The van der Waals surface area contributed by atoms with Gasteiger partial charge in [0.05, 0.1) is 4.90 Å². The summed E-state index contributed by atoms with van der Waals surface area (Å²) in [6.07, 6.45) is 5.43. The van der Waals surface area contributed by atoms with Crippen molar-refractivity contribution in [1.82, 2.24) is 0 Å². The van der Waals surface area contributed by atoms with Crippen molar-refractivity contribution >= 4 is 15.9 Å². The number of carbonyl (C=O) groups excluding carboxylic acids is 1. The Labute approximate surface area is 186 Å². The Hall–Kier alpha value is 0.436. The van der Waals surface area contributed by atoms with Crippen molar-refractivity contribution in [3.8, 4) is 0 Å². The van der Waals surface area contributed by atoms with Crippen LogP contribution in [0.5, 0.6) is 0 Å². The first-order valence-electron chi connectivity index (χ1n) is 8.43. The number of hydrogen-bond acceptors (Lipinski definition) is 4. The van der Waals surface area contributed by atoms with Crippen LogP contribution in [0.1, 0.15) is 56.1 Å². The first-order valence-corrected chi connectivity index (χ1v) is 9.83. The molecule has 0 aliphatic heterocycles. The van der Waals surface area contributed by atoms with E-state index in [1.807, 2.05) is 6.07 Å². The zero-order valence-electron chi connectivity index (χ0n) is 14.2. The summed E-state index contributed by atoms with van der Waals surface area (Å²) in [5, 5.41) is 0. The molecular weight excluding hydrogens is 351 g/mol. The second kappa shape index (κ2) is 6.55. The summed E-state index contributed by atoms with van der Waals surface area (Å²) < 4.78 is 33.7. The minimum atomic E-state index is -4.39. The van der Waals surface area contributed by atoms with E-state index >= 15 is 0 Å². The number of benzene rings is 1. The fourth-order valence-electron chi connectivity index (χ4n) is 5.49. The smallest absolute Gasteiger partial charge is 0.744 e. The third kappa shape index (κ3) is 2.92. The molecule has 3 aliphatic rings. The van der Waals surface area contributed by atoms with Crippen molar-refractivity contribution in [2.24, 2.45) is 17.3 Å². The minimum Gasteiger partial charge on any atom is -0.744 e. The van der Waals surface area contributed by atoms with E-state index in [0.717, 1.165) is 37.7 Å². The molecule has 2 fully saturated rings. The Morgan fingerprint density at radius 2 is 1.92 bits per heavy atom. The van der Waals surface area contributed by atoms with Crippen molar-refractivity contribution in [2.75, 3.05) is 0 Å². The van der Waals surface area contributed by atoms with Crippen LogP contribution in [0, 0.1) is 17.3 Å². The van der Waals surface area contributed by atoms with E-state index in [1.54, 1.807) is 6.07 Å². The molecule has 0 heterocycles. The van der Waals surface area contributed by atoms with Gasteiger partial charge in [-0.15, -0.1) is 0 Å². The second-order valence-electron chi connectivity index (χ2n) is 7.65. The molecule has 3 aliphatic carbocycles. The van der Waals surface area contributed by atoms with Crippen LogP contribution in [0.4, 0.5) is 0 Å². The van der Waals surface area contributed by atoms with E-state index in [9.17, 15) is 17.8 Å². The molecule has 124 valence electrons. The third-order valence-electron chi connectivity index (χ3n) is 6.70. The molecular formula is C18H21KO4S. The van der Waals surface area contributed by atoms with Crippen LogP contribution in [0.15, 0.2) is 23.1 Å². The van der Waals surface area contributed by atoms with Crippen molar-refractivity contribution in [3.63, 3.8) is 0 Å².